The molecule has 1 aliphatic heterocycles. The number of nitrogens with one attached hydrogen (secondary N) is 2. The highest BCUT2D eigenvalue weighted by molar-refractivity contribution is 6.39. The highest BCUT2D eigenvalue weighted by atomic mass is 35.5. The van der Waals surface area contributed by atoms with Crippen molar-refractivity contribution >= 4 is 46.4 Å². The van der Waals surface area contributed by atoms with E-state index in [4.69, 9.17) is 32.7 Å². The molecule has 0 bridgehead atoms. The van der Waals surface area contributed by atoms with E-state index in [1.807, 2.05) is 11.8 Å². The molecule has 0 fully saturated rings. The number of halogens is 2. The Balaban J connectivity index is 1.49. The predicted octanol–water partition coefficient (Wildman–Crippen LogP) is 4.05. The van der Waals surface area contributed by atoms with Crippen molar-refractivity contribution in [2.24, 2.45) is 0 Å². The van der Waals surface area contributed by atoms with Crippen LogP contribution in [0.3, 0.4) is 0 Å². The molecule has 0 spiro atoms. The third-order valence-corrected chi connectivity index (χ3v) is 5.15. The van der Waals surface area contributed by atoms with Crippen molar-refractivity contribution in [3.63, 3.8) is 0 Å². The molecule has 0 unspecified atom stereocenters. The molecule has 0 radical (unpaired) electrons. The molecule has 2 amide bonds. The van der Waals surface area contributed by atoms with Gasteiger partial charge in [-0.3, -0.25) is 14.5 Å². The van der Waals surface area contributed by atoms with Crippen LogP contribution in [-0.4, -0.2) is 49.6 Å². The van der Waals surface area contributed by atoms with Gasteiger partial charge >= 0.3 is 0 Å². The molecule has 0 aliphatic carbocycles. The molecular formula is C21H23Cl2N3O4. The van der Waals surface area contributed by atoms with E-state index >= 15 is 0 Å². The summed E-state index contributed by atoms with van der Waals surface area (Å²) in [5.74, 6) is 0.874. The van der Waals surface area contributed by atoms with Gasteiger partial charge in [0.1, 0.15) is 13.2 Å². The first-order valence-electron chi connectivity index (χ1n) is 9.62. The number of fused-ring (bicyclic) bond motifs is 1. The number of likely N-dealkylation sites (N-methyl/N-ethyl adjacent to an activating group) is 1. The monoisotopic (exact) mass is 451 g/mol. The lowest BCUT2D eigenvalue weighted by molar-refractivity contribution is -0.119. The minimum absolute atomic E-state index is 0.158. The van der Waals surface area contributed by atoms with E-state index in [1.165, 1.54) is 0 Å². The first-order chi connectivity index (χ1) is 14.5. The van der Waals surface area contributed by atoms with Gasteiger partial charge in [-0.2, -0.15) is 0 Å². The van der Waals surface area contributed by atoms with Crippen molar-refractivity contribution < 1.29 is 19.1 Å². The molecule has 2 aromatic carbocycles. The molecule has 1 heterocycles. The van der Waals surface area contributed by atoms with Crippen LogP contribution in [0, 0.1) is 0 Å². The summed E-state index contributed by atoms with van der Waals surface area (Å²) >= 11 is 12.1. The Hall–Kier alpha value is -2.48. The van der Waals surface area contributed by atoms with Gasteiger partial charge in [0.25, 0.3) is 0 Å². The van der Waals surface area contributed by atoms with E-state index in [2.05, 4.69) is 10.6 Å². The third kappa shape index (κ3) is 6.01. The fraction of sp³-hybridized carbons (Fsp3) is 0.333. The highest BCUT2D eigenvalue weighted by Crippen LogP contribution is 2.32. The summed E-state index contributed by atoms with van der Waals surface area (Å²) in [4.78, 5) is 26.6. The van der Waals surface area contributed by atoms with Crippen LogP contribution in [0.25, 0.3) is 0 Å². The fourth-order valence-electron chi connectivity index (χ4n) is 2.95. The van der Waals surface area contributed by atoms with Crippen LogP contribution < -0.4 is 20.1 Å². The minimum atomic E-state index is -0.226. The van der Waals surface area contributed by atoms with Crippen LogP contribution in [0.15, 0.2) is 36.4 Å². The Morgan fingerprint density at radius 3 is 2.40 bits per heavy atom. The van der Waals surface area contributed by atoms with Crippen molar-refractivity contribution in [1.29, 1.82) is 0 Å². The Kier molecular flexibility index (Phi) is 7.79. The number of anilines is 2. The van der Waals surface area contributed by atoms with Crippen LogP contribution in [0.1, 0.15) is 13.3 Å². The summed E-state index contributed by atoms with van der Waals surface area (Å²) in [6, 6.07) is 10.3. The lowest BCUT2D eigenvalue weighted by Crippen LogP contribution is -2.35. The van der Waals surface area contributed by atoms with Crippen molar-refractivity contribution in [2.45, 2.75) is 13.3 Å². The molecule has 0 saturated heterocycles. The first-order valence-corrected chi connectivity index (χ1v) is 10.4. The number of para-hydroxylation sites is 1. The van der Waals surface area contributed by atoms with Crippen LogP contribution in [0.4, 0.5) is 11.4 Å². The molecular weight excluding hydrogens is 429 g/mol. The second-order valence-corrected chi connectivity index (χ2v) is 7.48. The van der Waals surface area contributed by atoms with Gasteiger partial charge in [0.05, 0.1) is 22.3 Å². The molecule has 2 aromatic rings. The zero-order valence-corrected chi connectivity index (χ0v) is 18.1. The topological polar surface area (TPSA) is 79.9 Å². The second kappa shape index (κ2) is 10.5. The predicted molar refractivity (Wildman–Crippen MR) is 118 cm³/mol. The Morgan fingerprint density at radius 2 is 1.70 bits per heavy atom. The molecule has 9 heteroatoms. The maximum absolute atomic E-state index is 12.4. The average Bonchev–Trinajstić information content (AvgIpc) is 2.73. The standard InChI is InChI=1S/C21H23Cl2N3O4/c1-2-26(9-8-19(27)25-21-15(22)4-3-5-16(21)23)13-20(28)24-14-6-7-17-18(12-14)30-11-10-29-17/h3-7,12H,2,8-11,13H2,1H3,(H,24,28)(H,25,27). The first kappa shape index (κ1) is 22.2. The summed E-state index contributed by atoms with van der Waals surface area (Å²) in [6.07, 6.45) is 0.201. The quantitative estimate of drug-likeness (QED) is 0.632. The number of nitrogens with zero attached hydrogens (tertiary/aromatic N) is 1. The maximum Gasteiger partial charge on any atom is 0.238 e. The number of amides is 2. The molecule has 7 nitrogen and oxygen atoms in total. The average molecular weight is 452 g/mol. The normalized spacial score (nSPS) is 12.5. The van der Waals surface area contributed by atoms with Crippen molar-refractivity contribution in [2.75, 3.05) is 43.5 Å². The zero-order chi connectivity index (χ0) is 21.5. The molecule has 2 N–H and O–H groups in total. The van der Waals surface area contributed by atoms with Crippen LogP contribution >= 0.6 is 23.2 Å². The molecule has 3 rings (SSSR count). The van der Waals surface area contributed by atoms with E-state index in [-0.39, 0.29) is 24.8 Å². The lowest BCUT2D eigenvalue weighted by Gasteiger charge is -2.21. The fourth-order valence-corrected chi connectivity index (χ4v) is 3.44. The summed E-state index contributed by atoms with van der Waals surface area (Å²) in [5.41, 5.74) is 1.02. The number of benzene rings is 2. The van der Waals surface area contributed by atoms with E-state index < -0.39 is 0 Å². The van der Waals surface area contributed by atoms with Crippen LogP contribution in [-0.2, 0) is 9.59 Å². The molecule has 0 atom stereocenters. The van der Waals surface area contributed by atoms with E-state index in [1.54, 1.807) is 36.4 Å². The SMILES string of the molecule is CCN(CCC(=O)Nc1c(Cl)cccc1Cl)CC(=O)Nc1ccc2c(c1)OCCO2. The van der Waals surface area contributed by atoms with Crippen molar-refractivity contribution in [1.82, 2.24) is 4.90 Å². The zero-order valence-electron chi connectivity index (χ0n) is 16.5. The number of hydrogen-bond acceptors (Lipinski definition) is 5. The van der Waals surface area contributed by atoms with Crippen molar-refractivity contribution in [3.05, 3.63) is 46.4 Å². The van der Waals surface area contributed by atoms with E-state index in [0.29, 0.717) is 59.2 Å². The molecule has 30 heavy (non-hydrogen) atoms. The van der Waals surface area contributed by atoms with Gasteiger partial charge in [0.15, 0.2) is 11.5 Å². The number of carbonyl (C=O) groups is 2. The smallest absolute Gasteiger partial charge is 0.238 e. The van der Waals surface area contributed by atoms with Crippen molar-refractivity contribution in [3.8, 4) is 11.5 Å². The highest BCUT2D eigenvalue weighted by Gasteiger charge is 2.15. The van der Waals surface area contributed by atoms with Gasteiger partial charge in [-0.05, 0) is 30.8 Å². The minimum Gasteiger partial charge on any atom is -0.486 e. The Morgan fingerprint density at radius 1 is 1.00 bits per heavy atom. The number of hydrogen-bond donors (Lipinski definition) is 2. The second-order valence-electron chi connectivity index (χ2n) is 6.67. The molecule has 1 aliphatic rings. The Bertz CT molecular complexity index is 903. The lowest BCUT2D eigenvalue weighted by atomic mass is 10.2. The molecule has 160 valence electrons. The Labute approximate surface area is 185 Å². The van der Waals surface area contributed by atoms with Gasteiger partial charge in [-0.15, -0.1) is 0 Å². The third-order valence-electron chi connectivity index (χ3n) is 4.52. The van der Waals surface area contributed by atoms with E-state index in [9.17, 15) is 9.59 Å². The summed E-state index contributed by atoms with van der Waals surface area (Å²) < 4.78 is 11.0. The van der Waals surface area contributed by atoms with E-state index in [0.717, 1.165) is 0 Å². The largest absolute Gasteiger partial charge is 0.486 e. The number of ether oxygens (including phenoxy) is 2. The molecule has 0 aromatic heterocycles. The van der Waals surface area contributed by atoms with Gasteiger partial charge < -0.3 is 20.1 Å². The summed E-state index contributed by atoms with van der Waals surface area (Å²) in [7, 11) is 0. The van der Waals surface area contributed by atoms with Gasteiger partial charge in [-0.25, -0.2) is 0 Å². The number of rotatable bonds is 8. The van der Waals surface area contributed by atoms with Gasteiger partial charge in [0.2, 0.25) is 11.8 Å². The van der Waals surface area contributed by atoms with Crippen LogP contribution in [0.5, 0.6) is 11.5 Å². The molecule has 0 saturated carbocycles. The maximum atomic E-state index is 12.4. The van der Waals surface area contributed by atoms with Gasteiger partial charge in [-0.1, -0.05) is 36.2 Å². The summed E-state index contributed by atoms with van der Waals surface area (Å²) in [5, 5.41) is 6.33. The van der Waals surface area contributed by atoms with Gasteiger partial charge in [0, 0.05) is 24.7 Å². The summed E-state index contributed by atoms with van der Waals surface area (Å²) in [6.45, 7) is 4.12. The number of carbonyl (C=O) groups excluding carboxylic acids is 2. The van der Waals surface area contributed by atoms with Crippen LogP contribution in [0.2, 0.25) is 10.0 Å².